The van der Waals surface area contributed by atoms with Gasteiger partial charge < -0.3 is 0 Å². The van der Waals surface area contributed by atoms with Crippen molar-refractivity contribution in [2.24, 2.45) is 7.05 Å². The molecule has 0 aliphatic carbocycles. The SMILES string of the molecule is Cn1c(C(F)(F)Cl)cc(=O)n(-c2cc(C=O)c(Cl)cc2F)c1=O. The van der Waals surface area contributed by atoms with Crippen LogP contribution >= 0.6 is 23.2 Å². The minimum absolute atomic E-state index is 0.177. The Kier molecular flexibility index (Phi) is 4.41. The number of carbonyl (C=O) groups is 1. The maximum atomic E-state index is 14.0. The number of halogens is 5. The lowest BCUT2D eigenvalue weighted by Gasteiger charge is -2.15. The predicted octanol–water partition coefficient (Wildman–Crippen LogP) is 2.43. The van der Waals surface area contributed by atoms with Crippen LogP contribution in [0.25, 0.3) is 5.69 Å². The molecule has 1 aromatic heterocycles. The molecule has 0 fully saturated rings. The van der Waals surface area contributed by atoms with E-state index >= 15 is 0 Å². The van der Waals surface area contributed by atoms with Crippen molar-refractivity contribution in [3.8, 4) is 5.69 Å². The number of aromatic nitrogens is 2. The largest absolute Gasteiger partial charge is 0.363 e. The Morgan fingerprint density at radius 3 is 2.35 bits per heavy atom. The van der Waals surface area contributed by atoms with E-state index in [0.29, 0.717) is 21.5 Å². The quantitative estimate of drug-likeness (QED) is 0.619. The van der Waals surface area contributed by atoms with Gasteiger partial charge in [0.2, 0.25) is 0 Å². The molecular formula is C13H7Cl2F3N2O3. The third kappa shape index (κ3) is 3.04. The Hall–Kier alpha value is -2.06. The molecule has 0 radical (unpaired) electrons. The van der Waals surface area contributed by atoms with Gasteiger partial charge in [-0.3, -0.25) is 14.2 Å². The Bertz CT molecular complexity index is 916. The molecule has 2 rings (SSSR count). The molecule has 2 aromatic rings. The number of alkyl halides is 3. The monoisotopic (exact) mass is 366 g/mol. The van der Waals surface area contributed by atoms with Crippen LogP contribution in [-0.2, 0) is 12.4 Å². The van der Waals surface area contributed by atoms with Crippen LogP contribution in [0.5, 0.6) is 0 Å². The fourth-order valence-corrected chi connectivity index (χ4v) is 2.31. The van der Waals surface area contributed by atoms with E-state index < -0.39 is 33.8 Å². The van der Waals surface area contributed by atoms with E-state index in [1.807, 2.05) is 0 Å². The Labute approximate surface area is 136 Å². The van der Waals surface area contributed by atoms with Crippen LogP contribution in [0.15, 0.2) is 27.8 Å². The standard InChI is InChI=1S/C13H7Cl2F3N2O3/c1-19-10(13(15,17)18)4-11(22)20(12(19)23)9-2-6(5-21)7(14)3-8(9)16/h2-5H,1H3. The number of aldehydes is 1. The molecule has 0 saturated carbocycles. The van der Waals surface area contributed by atoms with Crippen LogP contribution < -0.4 is 11.2 Å². The van der Waals surface area contributed by atoms with E-state index in [2.05, 4.69) is 0 Å². The van der Waals surface area contributed by atoms with E-state index in [1.165, 1.54) is 0 Å². The van der Waals surface area contributed by atoms with Crippen LogP contribution in [0.4, 0.5) is 13.2 Å². The molecule has 1 aromatic carbocycles. The molecule has 1 heterocycles. The van der Waals surface area contributed by atoms with Crippen molar-refractivity contribution in [3.05, 3.63) is 61.1 Å². The molecule has 5 nitrogen and oxygen atoms in total. The van der Waals surface area contributed by atoms with Crippen molar-refractivity contribution >= 4 is 29.5 Å². The number of hydrogen-bond acceptors (Lipinski definition) is 3. The number of rotatable bonds is 3. The van der Waals surface area contributed by atoms with E-state index in [-0.39, 0.29) is 10.6 Å². The van der Waals surface area contributed by atoms with Gasteiger partial charge in [0.05, 0.1) is 10.7 Å². The van der Waals surface area contributed by atoms with Gasteiger partial charge in [-0.1, -0.05) is 11.6 Å². The molecule has 0 amide bonds. The number of benzene rings is 1. The van der Waals surface area contributed by atoms with E-state index in [4.69, 9.17) is 23.2 Å². The topological polar surface area (TPSA) is 61.1 Å². The maximum Gasteiger partial charge on any atom is 0.363 e. The normalized spacial score (nSPS) is 11.6. The number of hydrogen-bond donors (Lipinski definition) is 0. The summed E-state index contributed by atoms with van der Waals surface area (Å²) in [5, 5.41) is -4.19. The molecule has 23 heavy (non-hydrogen) atoms. The van der Waals surface area contributed by atoms with Crippen molar-refractivity contribution in [1.82, 2.24) is 9.13 Å². The van der Waals surface area contributed by atoms with Crippen LogP contribution in [-0.4, -0.2) is 15.4 Å². The first kappa shape index (κ1) is 17.3. The van der Waals surface area contributed by atoms with Crippen molar-refractivity contribution in [3.63, 3.8) is 0 Å². The zero-order valence-electron chi connectivity index (χ0n) is 11.3. The second-order valence-corrected chi connectivity index (χ2v) is 5.37. The third-order valence-electron chi connectivity index (χ3n) is 3.04. The summed E-state index contributed by atoms with van der Waals surface area (Å²) in [5.41, 5.74) is -4.31. The molecule has 0 atom stereocenters. The zero-order chi connectivity index (χ0) is 17.5. The lowest BCUT2D eigenvalue weighted by atomic mass is 10.2. The highest BCUT2D eigenvalue weighted by molar-refractivity contribution is 6.33. The highest BCUT2D eigenvalue weighted by atomic mass is 35.5. The van der Waals surface area contributed by atoms with E-state index in [9.17, 15) is 27.6 Å². The molecular weight excluding hydrogens is 360 g/mol. The Morgan fingerprint density at radius 1 is 1.22 bits per heavy atom. The Morgan fingerprint density at radius 2 is 1.83 bits per heavy atom. The fourth-order valence-electron chi connectivity index (χ4n) is 1.93. The molecule has 0 saturated heterocycles. The summed E-state index contributed by atoms with van der Waals surface area (Å²) < 4.78 is 41.1. The first-order chi connectivity index (χ1) is 10.6. The summed E-state index contributed by atoms with van der Waals surface area (Å²) in [7, 11) is 0.943. The molecule has 0 spiro atoms. The highest BCUT2D eigenvalue weighted by Gasteiger charge is 2.32. The van der Waals surface area contributed by atoms with Crippen molar-refractivity contribution in [1.29, 1.82) is 0 Å². The Balaban J connectivity index is 2.87. The second-order valence-electron chi connectivity index (χ2n) is 4.49. The minimum Gasteiger partial charge on any atom is -0.298 e. The third-order valence-corrected chi connectivity index (χ3v) is 3.57. The zero-order valence-corrected chi connectivity index (χ0v) is 12.8. The van der Waals surface area contributed by atoms with Gasteiger partial charge in [0.15, 0.2) is 6.29 Å². The molecule has 0 N–H and O–H groups in total. The second kappa shape index (κ2) is 5.86. The summed E-state index contributed by atoms with van der Waals surface area (Å²) in [6, 6.07) is 2.01. The van der Waals surface area contributed by atoms with Crippen LogP contribution in [0.3, 0.4) is 0 Å². The van der Waals surface area contributed by atoms with Crippen molar-refractivity contribution in [2.75, 3.05) is 0 Å². The van der Waals surface area contributed by atoms with Gasteiger partial charge in [-0.25, -0.2) is 13.8 Å². The summed E-state index contributed by atoms with van der Waals surface area (Å²) >= 11 is 10.5. The van der Waals surface area contributed by atoms with E-state index in [0.717, 1.165) is 19.2 Å². The molecule has 0 aliphatic heterocycles. The summed E-state index contributed by atoms with van der Waals surface area (Å²) in [5.74, 6) is -1.08. The highest BCUT2D eigenvalue weighted by Crippen LogP contribution is 2.30. The van der Waals surface area contributed by atoms with Gasteiger partial charge in [0.1, 0.15) is 11.5 Å². The molecule has 0 unspecified atom stereocenters. The van der Waals surface area contributed by atoms with Gasteiger partial charge in [0, 0.05) is 18.7 Å². The molecule has 0 aliphatic rings. The summed E-state index contributed by atoms with van der Waals surface area (Å²) in [6.45, 7) is 0. The van der Waals surface area contributed by atoms with Crippen LogP contribution in [0, 0.1) is 5.82 Å². The smallest absolute Gasteiger partial charge is 0.298 e. The fraction of sp³-hybridized carbons (Fsp3) is 0.154. The van der Waals surface area contributed by atoms with Gasteiger partial charge in [-0.2, -0.15) is 8.78 Å². The number of carbonyl (C=O) groups excluding carboxylic acids is 1. The molecule has 0 bridgehead atoms. The number of nitrogens with zero attached hydrogens (tertiary/aromatic N) is 2. The lowest BCUT2D eigenvalue weighted by Crippen LogP contribution is -2.41. The molecule has 122 valence electrons. The van der Waals surface area contributed by atoms with Crippen LogP contribution in [0.1, 0.15) is 16.1 Å². The van der Waals surface area contributed by atoms with Gasteiger partial charge in [-0.15, -0.1) is 0 Å². The van der Waals surface area contributed by atoms with E-state index in [1.54, 1.807) is 0 Å². The van der Waals surface area contributed by atoms with Gasteiger partial charge in [-0.05, 0) is 23.7 Å². The average Bonchev–Trinajstić information content (AvgIpc) is 2.44. The first-order valence-electron chi connectivity index (χ1n) is 5.92. The predicted molar refractivity (Wildman–Crippen MR) is 77.4 cm³/mol. The maximum absolute atomic E-state index is 14.0. The van der Waals surface area contributed by atoms with Gasteiger partial charge >= 0.3 is 11.1 Å². The average molecular weight is 367 g/mol. The summed E-state index contributed by atoms with van der Waals surface area (Å²) in [6.07, 6.45) is 0.294. The van der Waals surface area contributed by atoms with Crippen molar-refractivity contribution < 1.29 is 18.0 Å². The van der Waals surface area contributed by atoms with Crippen LogP contribution in [0.2, 0.25) is 5.02 Å². The summed E-state index contributed by atoms with van der Waals surface area (Å²) in [4.78, 5) is 35.0. The molecule has 10 heteroatoms. The van der Waals surface area contributed by atoms with Gasteiger partial charge in [0.25, 0.3) is 5.56 Å². The first-order valence-corrected chi connectivity index (χ1v) is 6.68. The van der Waals surface area contributed by atoms with Crippen molar-refractivity contribution in [2.45, 2.75) is 5.38 Å². The minimum atomic E-state index is -3.96. The lowest BCUT2D eigenvalue weighted by molar-refractivity contribution is 0.0845.